The summed E-state index contributed by atoms with van der Waals surface area (Å²) in [5.41, 5.74) is -0.482. The Morgan fingerprint density at radius 1 is 1.23 bits per heavy atom. The molecule has 0 radical (unpaired) electrons. The highest BCUT2D eigenvalue weighted by Crippen LogP contribution is 2.37. The molecule has 1 fully saturated rings. The molecule has 2 aromatic rings. The van der Waals surface area contributed by atoms with Crippen LogP contribution in [0.4, 0.5) is 18.0 Å². The number of likely N-dealkylation sites (tertiary alicyclic amines) is 1. The number of alkyl halides is 3. The molecule has 8 nitrogen and oxygen atoms in total. The van der Waals surface area contributed by atoms with Gasteiger partial charge < -0.3 is 15.3 Å². The lowest BCUT2D eigenvalue weighted by Crippen LogP contribution is -2.48. The number of nitrogens with zero attached hydrogens (tertiary/aromatic N) is 2. The van der Waals surface area contributed by atoms with E-state index in [2.05, 4.69) is 5.32 Å². The third-order valence-electron chi connectivity index (χ3n) is 6.85. The van der Waals surface area contributed by atoms with Crippen molar-refractivity contribution < 1.29 is 36.3 Å². The van der Waals surface area contributed by atoms with Crippen LogP contribution in [0.3, 0.4) is 0 Å². The number of benzene rings is 2. The number of carboxylic acid groups (broad SMARTS) is 1. The van der Waals surface area contributed by atoms with Crippen molar-refractivity contribution in [3.8, 4) is 0 Å². The number of halogens is 4. The predicted molar refractivity (Wildman–Crippen MR) is 141 cm³/mol. The van der Waals surface area contributed by atoms with Crippen molar-refractivity contribution in [1.29, 1.82) is 0 Å². The first-order chi connectivity index (χ1) is 18.1. The molecule has 3 rings (SSSR count). The van der Waals surface area contributed by atoms with Crippen molar-refractivity contribution in [3.63, 3.8) is 0 Å². The SMILES string of the molecule is CCS(=O)(=O)c1ccc(C)cc1CNC(=O)c1cc(Cl)c(CN2CCC[C@H](N(C)C(=O)O)C2)c(C(F)(F)F)c1. The third-order valence-corrected chi connectivity index (χ3v) is 9.01. The van der Waals surface area contributed by atoms with Crippen LogP contribution in [-0.4, -0.2) is 67.3 Å². The van der Waals surface area contributed by atoms with E-state index in [1.54, 1.807) is 24.0 Å². The van der Waals surface area contributed by atoms with Crippen LogP contribution in [0.1, 0.15) is 52.4 Å². The van der Waals surface area contributed by atoms with Gasteiger partial charge in [0.15, 0.2) is 9.84 Å². The molecule has 214 valence electrons. The van der Waals surface area contributed by atoms with Gasteiger partial charge in [0, 0.05) is 43.3 Å². The zero-order valence-electron chi connectivity index (χ0n) is 21.8. The van der Waals surface area contributed by atoms with Gasteiger partial charge in [-0.3, -0.25) is 9.69 Å². The maximum absolute atomic E-state index is 14.1. The Morgan fingerprint density at radius 2 is 1.92 bits per heavy atom. The molecule has 2 N–H and O–H groups in total. The van der Waals surface area contributed by atoms with Gasteiger partial charge in [0.1, 0.15) is 0 Å². The fourth-order valence-electron chi connectivity index (χ4n) is 4.63. The number of hydrogen-bond donors (Lipinski definition) is 2. The van der Waals surface area contributed by atoms with Crippen LogP contribution < -0.4 is 5.32 Å². The Bertz CT molecular complexity index is 1350. The smallest absolute Gasteiger partial charge is 0.416 e. The van der Waals surface area contributed by atoms with Crippen LogP contribution in [0.2, 0.25) is 5.02 Å². The van der Waals surface area contributed by atoms with Crippen LogP contribution in [-0.2, 0) is 29.1 Å². The molecule has 0 aromatic heterocycles. The average Bonchev–Trinajstić information content (AvgIpc) is 2.87. The molecule has 2 aromatic carbocycles. The molecule has 0 unspecified atom stereocenters. The van der Waals surface area contributed by atoms with E-state index < -0.39 is 33.6 Å². The second-order valence-electron chi connectivity index (χ2n) is 9.60. The van der Waals surface area contributed by atoms with Gasteiger partial charge in [-0.05, 0) is 55.6 Å². The van der Waals surface area contributed by atoms with Crippen molar-refractivity contribution in [3.05, 3.63) is 63.2 Å². The molecule has 0 spiro atoms. The number of likely N-dealkylation sites (N-methyl/N-ethyl adjacent to an activating group) is 1. The fraction of sp³-hybridized carbons (Fsp3) is 0.462. The van der Waals surface area contributed by atoms with E-state index in [0.29, 0.717) is 24.9 Å². The summed E-state index contributed by atoms with van der Waals surface area (Å²) in [5, 5.41) is 11.5. The quantitative estimate of drug-likeness (QED) is 0.450. The fourth-order valence-corrected chi connectivity index (χ4v) is 6.03. The van der Waals surface area contributed by atoms with Gasteiger partial charge in [-0.1, -0.05) is 36.2 Å². The second kappa shape index (κ2) is 12.1. The minimum absolute atomic E-state index is 0.0497. The monoisotopic (exact) mass is 589 g/mol. The van der Waals surface area contributed by atoms with Gasteiger partial charge in [-0.2, -0.15) is 13.2 Å². The number of piperidine rings is 1. The molecular formula is C26H31ClF3N3O5S. The van der Waals surface area contributed by atoms with Crippen molar-refractivity contribution in [2.24, 2.45) is 0 Å². The maximum Gasteiger partial charge on any atom is 0.416 e. The first-order valence-electron chi connectivity index (χ1n) is 12.3. The van der Waals surface area contributed by atoms with Crippen molar-refractivity contribution in [1.82, 2.24) is 15.1 Å². The largest absolute Gasteiger partial charge is 0.465 e. The summed E-state index contributed by atoms with van der Waals surface area (Å²) >= 11 is 6.30. The molecule has 0 saturated carbocycles. The van der Waals surface area contributed by atoms with E-state index in [1.807, 2.05) is 0 Å². The number of sulfone groups is 1. The lowest BCUT2D eigenvalue weighted by Gasteiger charge is -2.37. The number of hydrogen-bond acceptors (Lipinski definition) is 5. The van der Waals surface area contributed by atoms with Gasteiger partial charge in [-0.25, -0.2) is 13.2 Å². The van der Waals surface area contributed by atoms with Gasteiger partial charge >= 0.3 is 12.3 Å². The minimum atomic E-state index is -4.80. The lowest BCUT2D eigenvalue weighted by molar-refractivity contribution is -0.138. The Morgan fingerprint density at radius 3 is 2.54 bits per heavy atom. The summed E-state index contributed by atoms with van der Waals surface area (Å²) in [6.45, 7) is 3.60. The number of rotatable bonds is 8. The van der Waals surface area contributed by atoms with E-state index in [0.717, 1.165) is 22.6 Å². The van der Waals surface area contributed by atoms with Crippen molar-refractivity contribution >= 4 is 33.4 Å². The highest BCUT2D eigenvalue weighted by molar-refractivity contribution is 7.91. The Kier molecular flexibility index (Phi) is 9.56. The molecule has 1 atom stereocenters. The number of carbonyl (C=O) groups is 2. The molecule has 13 heteroatoms. The van der Waals surface area contributed by atoms with E-state index in [4.69, 9.17) is 11.6 Å². The van der Waals surface area contributed by atoms with Crippen molar-refractivity contribution in [2.45, 2.75) is 56.9 Å². The van der Waals surface area contributed by atoms with E-state index >= 15 is 0 Å². The minimum Gasteiger partial charge on any atom is -0.465 e. The third kappa shape index (κ3) is 7.43. The highest BCUT2D eigenvalue weighted by atomic mass is 35.5. The van der Waals surface area contributed by atoms with Gasteiger partial charge in [0.05, 0.1) is 16.2 Å². The number of aryl methyl sites for hydroxylation is 1. The summed E-state index contributed by atoms with van der Waals surface area (Å²) < 4.78 is 67.2. The number of carbonyl (C=O) groups excluding carboxylic acids is 1. The van der Waals surface area contributed by atoms with E-state index in [9.17, 15) is 36.3 Å². The standard InChI is InChI=1S/C26H31ClF3N3O5S/c1-4-39(37,38)23-8-7-16(2)10-18(23)13-31-24(34)17-11-21(26(28,29)30)20(22(27)12-17)15-33-9-5-6-19(14-33)32(3)25(35)36/h7-8,10-12,19H,4-6,9,13-15H2,1-3H3,(H,31,34)(H,35,36)/t19-/m0/s1. The van der Waals surface area contributed by atoms with Crippen molar-refractivity contribution in [2.75, 3.05) is 25.9 Å². The van der Waals surface area contributed by atoms with E-state index in [-0.39, 0.29) is 52.5 Å². The topological polar surface area (TPSA) is 107 Å². The summed E-state index contributed by atoms with van der Waals surface area (Å²) in [7, 11) is -2.16. The zero-order chi connectivity index (χ0) is 29.1. The molecule has 0 bridgehead atoms. The summed E-state index contributed by atoms with van der Waals surface area (Å²) in [4.78, 5) is 27.1. The number of nitrogens with one attached hydrogen (secondary N) is 1. The van der Waals surface area contributed by atoms with Crippen LogP contribution in [0.15, 0.2) is 35.2 Å². The van der Waals surface area contributed by atoms with Crippen LogP contribution in [0.25, 0.3) is 0 Å². The average molecular weight is 590 g/mol. The van der Waals surface area contributed by atoms with Crippen LogP contribution >= 0.6 is 11.6 Å². The molecule has 1 saturated heterocycles. The molecular weight excluding hydrogens is 559 g/mol. The summed E-state index contributed by atoms with van der Waals surface area (Å²) in [6.07, 6.45) is -4.71. The molecule has 1 heterocycles. The molecule has 0 aliphatic carbocycles. The second-order valence-corrected chi connectivity index (χ2v) is 12.3. The Hall–Kier alpha value is -2.83. The van der Waals surface area contributed by atoms with Crippen LogP contribution in [0, 0.1) is 6.92 Å². The Labute approximate surface area is 230 Å². The zero-order valence-corrected chi connectivity index (χ0v) is 23.4. The van der Waals surface area contributed by atoms with E-state index in [1.165, 1.54) is 20.0 Å². The Balaban J connectivity index is 1.86. The van der Waals surface area contributed by atoms with Gasteiger partial charge in [-0.15, -0.1) is 0 Å². The first kappa shape index (κ1) is 30.7. The van der Waals surface area contributed by atoms with Gasteiger partial charge in [0.25, 0.3) is 5.91 Å². The molecule has 1 aliphatic heterocycles. The van der Waals surface area contributed by atoms with Gasteiger partial charge in [0.2, 0.25) is 0 Å². The predicted octanol–water partition coefficient (Wildman–Crippen LogP) is 4.97. The highest BCUT2D eigenvalue weighted by Gasteiger charge is 2.36. The molecule has 2 amide bonds. The molecule has 39 heavy (non-hydrogen) atoms. The molecule has 1 aliphatic rings. The number of amides is 2. The summed E-state index contributed by atoms with van der Waals surface area (Å²) in [6, 6.07) is 6.22. The van der Waals surface area contributed by atoms with Crippen LogP contribution in [0.5, 0.6) is 0 Å². The first-order valence-corrected chi connectivity index (χ1v) is 14.3. The normalized spacial score (nSPS) is 16.6. The maximum atomic E-state index is 14.1. The lowest BCUT2D eigenvalue weighted by atomic mass is 9.99. The summed E-state index contributed by atoms with van der Waals surface area (Å²) in [5.74, 6) is -0.982.